The minimum absolute atomic E-state index is 0.00866. The number of carbonyl (C=O) groups excluding carboxylic acids is 1. The molecule has 2 aliphatic rings. The average Bonchev–Trinajstić information content (AvgIpc) is 2.67. The van der Waals surface area contributed by atoms with E-state index in [4.69, 9.17) is 10.5 Å². The Bertz CT molecular complexity index is 1060. The van der Waals surface area contributed by atoms with Crippen molar-refractivity contribution in [2.45, 2.75) is 23.8 Å². The maximum absolute atomic E-state index is 13.1. The lowest BCUT2D eigenvalue weighted by molar-refractivity contribution is -0.119. The Morgan fingerprint density at radius 3 is 2.57 bits per heavy atom. The van der Waals surface area contributed by atoms with Crippen LogP contribution in [0.5, 0.6) is 5.75 Å². The van der Waals surface area contributed by atoms with Gasteiger partial charge in [-0.1, -0.05) is 6.07 Å². The Hall–Kier alpha value is -2.65. The SMILES string of the molecule is NC(=O)COc1ccc(S(=O)(=O)N2C[C@H]3C[C@@H](C2)c2cccc(=O)n2C3)cc1. The Morgan fingerprint density at radius 2 is 1.86 bits per heavy atom. The van der Waals surface area contributed by atoms with Crippen LogP contribution in [0.1, 0.15) is 18.0 Å². The third-order valence-corrected chi connectivity index (χ3v) is 7.13. The zero-order valence-electron chi connectivity index (χ0n) is 15.2. The molecule has 0 unspecified atom stereocenters. The van der Waals surface area contributed by atoms with Crippen molar-refractivity contribution in [3.8, 4) is 5.75 Å². The van der Waals surface area contributed by atoms with Gasteiger partial charge < -0.3 is 15.0 Å². The molecule has 3 heterocycles. The molecule has 2 aliphatic heterocycles. The van der Waals surface area contributed by atoms with Gasteiger partial charge in [-0.3, -0.25) is 9.59 Å². The van der Waals surface area contributed by atoms with E-state index >= 15 is 0 Å². The molecule has 1 amide bonds. The van der Waals surface area contributed by atoms with E-state index < -0.39 is 15.9 Å². The van der Waals surface area contributed by atoms with Gasteiger partial charge in [0.05, 0.1) is 4.90 Å². The monoisotopic (exact) mass is 403 g/mol. The van der Waals surface area contributed by atoms with Gasteiger partial charge in [-0.2, -0.15) is 4.31 Å². The molecule has 2 bridgehead atoms. The molecule has 4 rings (SSSR count). The highest BCUT2D eigenvalue weighted by Gasteiger charge is 2.39. The number of nitrogens with zero attached hydrogens (tertiary/aromatic N) is 2. The smallest absolute Gasteiger partial charge is 0.255 e. The number of hydrogen-bond acceptors (Lipinski definition) is 5. The molecule has 0 aliphatic carbocycles. The first-order chi connectivity index (χ1) is 13.3. The van der Waals surface area contributed by atoms with Gasteiger partial charge >= 0.3 is 0 Å². The number of sulfonamides is 1. The van der Waals surface area contributed by atoms with Gasteiger partial charge in [0.25, 0.3) is 11.5 Å². The lowest BCUT2D eigenvalue weighted by Gasteiger charge is -2.42. The van der Waals surface area contributed by atoms with Crippen molar-refractivity contribution in [3.05, 3.63) is 58.5 Å². The third kappa shape index (κ3) is 3.43. The van der Waals surface area contributed by atoms with Crippen molar-refractivity contribution in [2.75, 3.05) is 19.7 Å². The Labute approximate surface area is 162 Å². The molecular formula is C19H21N3O5S. The predicted octanol–water partition coefficient (Wildman–Crippen LogP) is 0.520. The first-order valence-corrected chi connectivity index (χ1v) is 10.5. The zero-order chi connectivity index (χ0) is 19.9. The van der Waals surface area contributed by atoms with Gasteiger partial charge in [-0.05, 0) is 42.7 Å². The van der Waals surface area contributed by atoms with E-state index in [1.165, 1.54) is 28.6 Å². The van der Waals surface area contributed by atoms with Crippen molar-refractivity contribution >= 4 is 15.9 Å². The van der Waals surface area contributed by atoms with E-state index in [9.17, 15) is 18.0 Å². The topological polar surface area (TPSA) is 112 Å². The van der Waals surface area contributed by atoms with E-state index in [-0.39, 0.29) is 28.9 Å². The minimum Gasteiger partial charge on any atom is -0.484 e. The number of carbonyl (C=O) groups is 1. The lowest BCUT2D eigenvalue weighted by atomic mass is 9.84. The summed E-state index contributed by atoms with van der Waals surface area (Å²) in [4.78, 5) is 23.1. The predicted molar refractivity (Wildman–Crippen MR) is 101 cm³/mol. The summed E-state index contributed by atoms with van der Waals surface area (Å²) in [5, 5.41) is 0. The Morgan fingerprint density at radius 1 is 1.11 bits per heavy atom. The van der Waals surface area contributed by atoms with Crippen molar-refractivity contribution in [2.24, 2.45) is 11.7 Å². The first-order valence-electron chi connectivity index (χ1n) is 9.05. The number of primary amides is 1. The van der Waals surface area contributed by atoms with E-state index in [0.717, 1.165) is 12.1 Å². The van der Waals surface area contributed by atoms with Crippen LogP contribution in [0.4, 0.5) is 0 Å². The molecule has 0 spiro atoms. The van der Waals surface area contributed by atoms with Gasteiger partial charge in [-0.15, -0.1) is 0 Å². The van der Waals surface area contributed by atoms with Crippen LogP contribution in [-0.2, 0) is 21.4 Å². The molecule has 8 nitrogen and oxygen atoms in total. The molecule has 1 fully saturated rings. The molecule has 1 saturated heterocycles. The van der Waals surface area contributed by atoms with Gasteiger partial charge in [0.15, 0.2) is 6.61 Å². The van der Waals surface area contributed by atoms with E-state index in [2.05, 4.69) is 0 Å². The van der Waals surface area contributed by atoms with Crippen LogP contribution in [0.3, 0.4) is 0 Å². The number of amides is 1. The van der Waals surface area contributed by atoms with Crippen LogP contribution >= 0.6 is 0 Å². The van der Waals surface area contributed by atoms with E-state index in [0.29, 0.717) is 25.4 Å². The molecule has 2 N–H and O–H groups in total. The van der Waals surface area contributed by atoms with Crippen LogP contribution in [0.25, 0.3) is 0 Å². The summed E-state index contributed by atoms with van der Waals surface area (Å²) in [6.45, 7) is 1.01. The molecule has 0 saturated carbocycles. The number of aromatic nitrogens is 1. The molecule has 1 aromatic heterocycles. The Balaban J connectivity index is 1.56. The van der Waals surface area contributed by atoms with Gasteiger partial charge in [0.1, 0.15) is 5.75 Å². The van der Waals surface area contributed by atoms with Gasteiger partial charge in [0.2, 0.25) is 10.0 Å². The van der Waals surface area contributed by atoms with Crippen molar-refractivity contribution in [1.82, 2.24) is 8.87 Å². The summed E-state index contributed by atoms with van der Waals surface area (Å²) in [7, 11) is -3.67. The summed E-state index contributed by atoms with van der Waals surface area (Å²) in [6.07, 6.45) is 0.884. The minimum atomic E-state index is -3.67. The number of nitrogens with two attached hydrogens (primary N) is 1. The molecule has 2 atom stereocenters. The molecule has 9 heteroatoms. The second-order valence-corrected chi connectivity index (χ2v) is 9.18. The number of fused-ring (bicyclic) bond motifs is 4. The molecule has 28 heavy (non-hydrogen) atoms. The number of pyridine rings is 1. The summed E-state index contributed by atoms with van der Waals surface area (Å²) < 4.78 is 34.7. The maximum Gasteiger partial charge on any atom is 0.255 e. The molecule has 0 radical (unpaired) electrons. The summed E-state index contributed by atoms with van der Waals surface area (Å²) in [6, 6.07) is 11.1. The van der Waals surface area contributed by atoms with Crippen molar-refractivity contribution < 1.29 is 17.9 Å². The number of piperidine rings is 1. The second kappa shape index (κ2) is 7.06. The largest absolute Gasteiger partial charge is 0.484 e. The molecule has 1 aromatic carbocycles. The van der Waals surface area contributed by atoms with Crippen molar-refractivity contribution in [3.63, 3.8) is 0 Å². The zero-order valence-corrected chi connectivity index (χ0v) is 16.0. The molecule has 2 aromatic rings. The average molecular weight is 403 g/mol. The third-order valence-electron chi connectivity index (χ3n) is 5.29. The number of hydrogen-bond donors (Lipinski definition) is 1. The number of ether oxygens (including phenoxy) is 1. The van der Waals surface area contributed by atoms with Crippen LogP contribution in [-0.4, -0.2) is 42.9 Å². The van der Waals surface area contributed by atoms with E-state index in [1.54, 1.807) is 16.7 Å². The Kier molecular flexibility index (Phi) is 4.72. The highest BCUT2D eigenvalue weighted by atomic mass is 32.2. The lowest BCUT2D eigenvalue weighted by Crippen LogP contribution is -2.48. The van der Waals surface area contributed by atoms with Crippen molar-refractivity contribution in [1.29, 1.82) is 0 Å². The summed E-state index contributed by atoms with van der Waals surface area (Å²) >= 11 is 0. The van der Waals surface area contributed by atoms with Crippen LogP contribution in [0, 0.1) is 5.92 Å². The van der Waals surface area contributed by atoms with E-state index in [1.807, 2.05) is 6.07 Å². The summed E-state index contributed by atoms with van der Waals surface area (Å²) in [5.41, 5.74) is 5.91. The van der Waals surface area contributed by atoms with Crippen LogP contribution < -0.4 is 16.0 Å². The number of rotatable bonds is 5. The summed E-state index contributed by atoms with van der Waals surface area (Å²) in [5.74, 6) is -0.105. The molecular weight excluding hydrogens is 382 g/mol. The highest BCUT2D eigenvalue weighted by molar-refractivity contribution is 7.89. The first kappa shape index (κ1) is 18.7. The van der Waals surface area contributed by atoms with Crippen LogP contribution in [0.2, 0.25) is 0 Å². The standard InChI is InChI=1S/C19H21N3O5S/c20-18(23)12-27-15-4-6-16(7-5-15)28(25,26)21-9-13-8-14(11-21)17-2-1-3-19(24)22(17)10-13/h1-7,13-14H,8-12H2,(H2,20,23)/t13-,14+/m1/s1. The molecule has 148 valence electrons. The van der Waals surface area contributed by atoms with Gasteiger partial charge in [0, 0.05) is 37.3 Å². The maximum atomic E-state index is 13.1. The van der Waals surface area contributed by atoms with Gasteiger partial charge in [-0.25, -0.2) is 8.42 Å². The van der Waals surface area contributed by atoms with Crippen LogP contribution in [0.15, 0.2) is 52.2 Å². The second-order valence-electron chi connectivity index (χ2n) is 7.25. The quantitative estimate of drug-likeness (QED) is 0.782. The fourth-order valence-corrected chi connectivity index (χ4v) is 5.62. The highest BCUT2D eigenvalue weighted by Crippen LogP contribution is 2.37. The number of benzene rings is 1. The normalized spacial score (nSPS) is 21.7. The fraction of sp³-hybridized carbons (Fsp3) is 0.368. The fourth-order valence-electron chi connectivity index (χ4n) is 4.06.